The van der Waals surface area contributed by atoms with Crippen molar-refractivity contribution < 1.29 is 4.79 Å². The monoisotopic (exact) mass is 340 g/mol. The average molecular weight is 340 g/mol. The van der Waals surface area contributed by atoms with E-state index < -0.39 is 0 Å². The van der Waals surface area contributed by atoms with Crippen LogP contribution < -0.4 is 5.32 Å². The molecule has 0 spiro atoms. The van der Waals surface area contributed by atoms with Gasteiger partial charge in [0.1, 0.15) is 0 Å². The number of carbonyl (C=O) groups is 1. The standard InChI is InChI=1S/C18H20N4OS/c1-4-16(24-18-19-9-10-22(18)3)17(23)21-15-11-12(2)20-14-8-6-5-7-13(14)15/h5-11,16H,4H2,1-3H3,(H,20,21,23). The molecule has 0 saturated carbocycles. The fourth-order valence-corrected chi connectivity index (χ4v) is 3.48. The quantitative estimate of drug-likeness (QED) is 0.718. The number of aromatic nitrogens is 3. The number of hydrogen-bond acceptors (Lipinski definition) is 4. The summed E-state index contributed by atoms with van der Waals surface area (Å²) >= 11 is 1.48. The third-order valence-corrected chi connectivity index (χ3v) is 5.23. The highest BCUT2D eigenvalue weighted by Gasteiger charge is 2.20. The zero-order valence-corrected chi connectivity index (χ0v) is 14.8. The van der Waals surface area contributed by atoms with Gasteiger partial charge in [-0.2, -0.15) is 0 Å². The first-order valence-corrected chi connectivity index (χ1v) is 8.77. The van der Waals surface area contributed by atoms with Crippen LogP contribution >= 0.6 is 11.8 Å². The lowest BCUT2D eigenvalue weighted by Gasteiger charge is -2.16. The molecular weight excluding hydrogens is 320 g/mol. The van der Waals surface area contributed by atoms with Crippen molar-refractivity contribution in [3.8, 4) is 0 Å². The van der Waals surface area contributed by atoms with Gasteiger partial charge in [-0.15, -0.1) is 0 Å². The molecule has 0 aliphatic heterocycles. The van der Waals surface area contributed by atoms with Gasteiger partial charge in [-0.25, -0.2) is 4.98 Å². The van der Waals surface area contributed by atoms with Gasteiger partial charge in [0.15, 0.2) is 5.16 Å². The Hall–Kier alpha value is -2.34. The van der Waals surface area contributed by atoms with Crippen molar-refractivity contribution in [1.29, 1.82) is 0 Å². The Kier molecular flexibility index (Phi) is 4.85. The first-order chi connectivity index (χ1) is 11.6. The minimum atomic E-state index is -0.196. The van der Waals surface area contributed by atoms with Gasteiger partial charge in [-0.3, -0.25) is 9.78 Å². The molecule has 0 aliphatic rings. The number of amides is 1. The molecule has 0 saturated heterocycles. The number of nitrogens with zero attached hydrogens (tertiary/aromatic N) is 3. The number of benzene rings is 1. The predicted octanol–water partition coefficient (Wildman–Crippen LogP) is 3.79. The molecule has 1 unspecified atom stereocenters. The molecule has 1 aromatic carbocycles. The number of fused-ring (bicyclic) bond motifs is 1. The smallest absolute Gasteiger partial charge is 0.237 e. The summed E-state index contributed by atoms with van der Waals surface area (Å²) in [5, 5.41) is 4.67. The Morgan fingerprint density at radius 1 is 1.38 bits per heavy atom. The maximum Gasteiger partial charge on any atom is 0.237 e. The third-order valence-electron chi connectivity index (χ3n) is 3.79. The lowest BCUT2D eigenvalue weighted by atomic mass is 10.1. The van der Waals surface area contributed by atoms with E-state index in [1.54, 1.807) is 6.20 Å². The Bertz CT molecular complexity index is 874. The van der Waals surface area contributed by atoms with Crippen LogP contribution in [0.1, 0.15) is 19.0 Å². The van der Waals surface area contributed by atoms with Gasteiger partial charge < -0.3 is 9.88 Å². The van der Waals surface area contributed by atoms with Crippen LogP contribution in [0.15, 0.2) is 47.9 Å². The van der Waals surface area contributed by atoms with Gasteiger partial charge in [0, 0.05) is 30.5 Å². The number of pyridine rings is 1. The van der Waals surface area contributed by atoms with E-state index in [-0.39, 0.29) is 11.2 Å². The van der Waals surface area contributed by atoms with Crippen molar-refractivity contribution >= 4 is 34.3 Å². The topological polar surface area (TPSA) is 59.8 Å². The zero-order chi connectivity index (χ0) is 17.1. The fraction of sp³-hybridized carbons (Fsp3) is 0.278. The van der Waals surface area contributed by atoms with Gasteiger partial charge in [0.2, 0.25) is 5.91 Å². The maximum atomic E-state index is 12.7. The normalized spacial score (nSPS) is 12.3. The number of para-hydroxylation sites is 1. The molecule has 124 valence electrons. The maximum absolute atomic E-state index is 12.7. The molecule has 0 radical (unpaired) electrons. The van der Waals surface area contributed by atoms with E-state index in [4.69, 9.17) is 0 Å². The Morgan fingerprint density at radius 3 is 2.88 bits per heavy atom. The van der Waals surface area contributed by atoms with Gasteiger partial charge in [0.05, 0.1) is 16.5 Å². The molecule has 3 rings (SSSR count). The summed E-state index contributed by atoms with van der Waals surface area (Å²) in [5.74, 6) is -0.0127. The van der Waals surface area contributed by atoms with Crippen LogP contribution in [0, 0.1) is 6.92 Å². The van der Waals surface area contributed by atoms with Crippen molar-refractivity contribution in [1.82, 2.24) is 14.5 Å². The lowest BCUT2D eigenvalue weighted by Crippen LogP contribution is -2.25. The number of rotatable bonds is 5. The number of aryl methyl sites for hydroxylation is 2. The summed E-state index contributed by atoms with van der Waals surface area (Å²) in [4.78, 5) is 21.6. The second-order valence-electron chi connectivity index (χ2n) is 5.65. The van der Waals surface area contributed by atoms with E-state index in [0.29, 0.717) is 0 Å². The van der Waals surface area contributed by atoms with Gasteiger partial charge in [-0.1, -0.05) is 36.9 Å². The fourth-order valence-electron chi connectivity index (χ4n) is 2.54. The summed E-state index contributed by atoms with van der Waals surface area (Å²) in [6.45, 7) is 3.94. The molecule has 1 N–H and O–H groups in total. The van der Waals surface area contributed by atoms with E-state index in [0.717, 1.165) is 33.9 Å². The van der Waals surface area contributed by atoms with Crippen molar-refractivity contribution in [2.75, 3.05) is 5.32 Å². The number of thioether (sulfide) groups is 1. The van der Waals surface area contributed by atoms with E-state index in [9.17, 15) is 4.79 Å². The molecule has 0 fully saturated rings. The average Bonchev–Trinajstić information content (AvgIpc) is 2.97. The van der Waals surface area contributed by atoms with Crippen LogP contribution in [0.2, 0.25) is 0 Å². The molecule has 3 aromatic rings. The first-order valence-electron chi connectivity index (χ1n) is 7.89. The molecule has 5 nitrogen and oxygen atoms in total. The van der Waals surface area contributed by atoms with Crippen LogP contribution in [0.5, 0.6) is 0 Å². The molecular formula is C18H20N4OS. The minimum Gasteiger partial charge on any atom is -0.329 e. The van der Waals surface area contributed by atoms with Crippen molar-refractivity contribution in [2.45, 2.75) is 30.7 Å². The van der Waals surface area contributed by atoms with E-state index in [1.807, 2.05) is 62.0 Å². The highest BCUT2D eigenvalue weighted by molar-refractivity contribution is 8.00. The predicted molar refractivity (Wildman–Crippen MR) is 98.3 cm³/mol. The van der Waals surface area contributed by atoms with Crippen LogP contribution in [0.3, 0.4) is 0 Å². The Morgan fingerprint density at radius 2 is 2.17 bits per heavy atom. The second-order valence-corrected chi connectivity index (χ2v) is 6.82. The summed E-state index contributed by atoms with van der Waals surface area (Å²) in [7, 11) is 1.93. The SMILES string of the molecule is CCC(Sc1nccn1C)C(=O)Nc1cc(C)nc2ccccc12. The van der Waals surface area contributed by atoms with Gasteiger partial charge >= 0.3 is 0 Å². The van der Waals surface area contributed by atoms with Gasteiger partial charge in [-0.05, 0) is 25.5 Å². The van der Waals surface area contributed by atoms with Crippen molar-refractivity contribution in [2.24, 2.45) is 7.05 Å². The molecule has 0 bridgehead atoms. The Labute approximate surface area is 145 Å². The second kappa shape index (κ2) is 7.05. The lowest BCUT2D eigenvalue weighted by molar-refractivity contribution is -0.115. The Balaban J connectivity index is 1.84. The highest BCUT2D eigenvalue weighted by atomic mass is 32.2. The number of nitrogens with one attached hydrogen (secondary N) is 1. The summed E-state index contributed by atoms with van der Waals surface area (Å²) in [5.41, 5.74) is 2.58. The van der Waals surface area contributed by atoms with Crippen LogP contribution in [-0.4, -0.2) is 25.7 Å². The molecule has 0 aliphatic carbocycles. The van der Waals surface area contributed by atoms with Crippen LogP contribution in [0.4, 0.5) is 5.69 Å². The molecule has 1 amide bonds. The molecule has 2 heterocycles. The van der Waals surface area contributed by atoms with Crippen LogP contribution in [-0.2, 0) is 11.8 Å². The van der Waals surface area contributed by atoms with Gasteiger partial charge in [0.25, 0.3) is 0 Å². The number of imidazole rings is 1. The number of hydrogen-bond donors (Lipinski definition) is 1. The van der Waals surface area contributed by atoms with Crippen LogP contribution in [0.25, 0.3) is 10.9 Å². The van der Waals surface area contributed by atoms with Crippen molar-refractivity contribution in [3.05, 3.63) is 48.4 Å². The summed E-state index contributed by atoms with van der Waals surface area (Å²) < 4.78 is 1.92. The zero-order valence-electron chi connectivity index (χ0n) is 14.0. The van der Waals surface area contributed by atoms with Crippen molar-refractivity contribution in [3.63, 3.8) is 0 Å². The molecule has 2 aromatic heterocycles. The molecule has 1 atom stereocenters. The first kappa shape index (κ1) is 16.5. The van der Waals surface area contributed by atoms with E-state index >= 15 is 0 Å². The number of anilines is 1. The minimum absolute atomic E-state index is 0.0127. The highest BCUT2D eigenvalue weighted by Crippen LogP contribution is 2.27. The third kappa shape index (κ3) is 3.43. The summed E-state index contributed by atoms with van der Waals surface area (Å²) in [6, 6.07) is 9.75. The summed E-state index contributed by atoms with van der Waals surface area (Å²) in [6.07, 6.45) is 4.35. The van der Waals surface area contributed by atoms with E-state index in [2.05, 4.69) is 15.3 Å². The molecule has 24 heavy (non-hydrogen) atoms. The largest absolute Gasteiger partial charge is 0.329 e. The number of carbonyl (C=O) groups excluding carboxylic acids is 1. The molecule has 6 heteroatoms. The van der Waals surface area contributed by atoms with E-state index in [1.165, 1.54) is 11.8 Å².